The minimum Gasteiger partial charge on any atom is -0.363 e. The summed E-state index contributed by atoms with van der Waals surface area (Å²) < 4.78 is 13.3. The molecule has 6 nitrogen and oxygen atoms in total. The van der Waals surface area contributed by atoms with Gasteiger partial charge in [-0.1, -0.05) is 6.92 Å². The lowest BCUT2D eigenvalue weighted by Gasteiger charge is -2.46. The van der Waals surface area contributed by atoms with Crippen LogP contribution in [0.4, 0.5) is 15.9 Å². The highest BCUT2D eigenvalue weighted by Crippen LogP contribution is 2.50. The third kappa shape index (κ3) is 3.57. The lowest BCUT2D eigenvalue weighted by Crippen LogP contribution is -2.51. The lowest BCUT2D eigenvalue weighted by molar-refractivity contribution is -0.117. The number of hydrogen-bond acceptors (Lipinski definition) is 4. The van der Waals surface area contributed by atoms with Crippen LogP contribution in [0.3, 0.4) is 0 Å². The summed E-state index contributed by atoms with van der Waals surface area (Å²) in [5.74, 6) is 0.536. The van der Waals surface area contributed by atoms with E-state index >= 15 is 0 Å². The maximum atomic E-state index is 13.3. The molecule has 2 heterocycles. The smallest absolute Gasteiger partial charge is 0.251 e. The molecule has 2 N–H and O–H groups in total. The van der Waals surface area contributed by atoms with Gasteiger partial charge in [0.25, 0.3) is 5.91 Å². The van der Waals surface area contributed by atoms with Crippen molar-refractivity contribution < 1.29 is 14.0 Å². The lowest BCUT2D eigenvalue weighted by atomic mass is 9.79. The fraction of sp³-hybridized carbons (Fsp3) is 0.409. The molecule has 2 unspecified atom stereocenters. The maximum absolute atomic E-state index is 13.3. The van der Waals surface area contributed by atoms with Gasteiger partial charge in [-0.2, -0.15) is 0 Å². The van der Waals surface area contributed by atoms with Gasteiger partial charge in [0.1, 0.15) is 11.6 Å². The Kier molecular flexibility index (Phi) is 4.98. The number of carbonyl (C=O) groups excluding carboxylic acids is 2. The van der Waals surface area contributed by atoms with E-state index in [-0.39, 0.29) is 29.8 Å². The number of nitrogens with one attached hydrogen (secondary N) is 2. The third-order valence-corrected chi connectivity index (χ3v) is 5.95. The molecule has 4 rings (SSSR count). The Balaban J connectivity index is 1.82. The molecule has 2 aliphatic rings. The second kappa shape index (κ2) is 7.46. The van der Waals surface area contributed by atoms with Gasteiger partial charge in [0.2, 0.25) is 5.91 Å². The number of nitrogens with zero attached hydrogens (tertiary/aromatic N) is 2. The van der Waals surface area contributed by atoms with E-state index in [0.29, 0.717) is 17.3 Å². The zero-order valence-corrected chi connectivity index (χ0v) is 16.8. The van der Waals surface area contributed by atoms with E-state index < -0.39 is 5.82 Å². The zero-order chi connectivity index (χ0) is 20.7. The molecular formula is C22H25FN4O2. The number of rotatable bonds is 4. The molecule has 1 aliphatic carbocycles. The van der Waals surface area contributed by atoms with Crippen LogP contribution in [0.15, 0.2) is 36.5 Å². The van der Waals surface area contributed by atoms with Gasteiger partial charge in [-0.3, -0.25) is 9.59 Å². The Morgan fingerprint density at radius 1 is 1.21 bits per heavy atom. The molecule has 7 heteroatoms. The summed E-state index contributed by atoms with van der Waals surface area (Å²) in [6.07, 6.45) is 3.38. The average Bonchev–Trinajstić information content (AvgIpc) is 3.54. The van der Waals surface area contributed by atoms with Crippen LogP contribution in [0, 0.1) is 17.7 Å². The molecule has 152 valence electrons. The molecule has 2 amide bonds. The quantitative estimate of drug-likeness (QED) is 0.829. The molecule has 0 bridgehead atoms. The monoisotopic (exact) mass is 396 g/mol. The predicted octanol–water partition coefficient (Wildman–Crippen LogP) is 3.51. The molecule has 1 fully saturated rings. The zero-order valence-electron chi connectivity index (χ0n) is 16.8. The van der Waals surface area contributed by atoms with Crippen molar-refractivity contribution in [3.05, 3.63) is 53.5 Å². The Hall–Kier alpha value is -2.96. The van der Waals surface area contributed by atoms with Gasteiger partial charge in [0, 0.05) is 37.2 Å². The van der Waals surface area contributed by atoms with Crippen molar-refractivity contribution in [2.45, 2.75) is 38.8 Å². The number of halogens is 1. The molecule has 1 aromatic heterocycles. The van der Waals surface area contributed by atoms with Crippen molar-refractivity contribution in [1.82, 2.24) is 10.3 Å². The molecule has 0 radical (unpaired) electrons. The minimum absolute atomic E-state index is 0.000972. The Bertz CT molecular complexity index is 942. The second-order valence-electron chi connectivity index (χ2n) is 7.91. The van der Waals surface area contributed by atoms with Crippen LogP contribution in [0.25, 0.3) is 0 Å². The first-order valence-corrected chi connectivity index (χ1v) is 9.94. The van der Waals surface area contributed by atoms with Crippen LogP contribution in [-0.4, -0.2) is 29.9 Å². The van der Waals surface area contributed by atoms with E-state index in [9.17, 15) is 14.0 Å². The fourth-order valence-corrected chi connectivity index (χ4v) is 4.47. The van der Waals surface area contributed by atoms with Crippen LogP contribution in [0.5, 0.6) is 0 Å². The number of amides is 2. The Morgan fingerprint density at radius 2 is 1.97 bits per heavy atom. The average molecular weight is 396 g/mol. The Labute approximate surface area is 169 Å². The van der Waals surface area contributed by atoms with Crippen LogP contribution in [0.2, 0.25) is 0 Å². The fourth-order valence-electron chi connectivity index (χ4n) is 4.47. The summed E-state index contributed by atoms with van der Waals surface area (Å²) >= 11 is 0. The van der Waals surface area contributed by atoms with Gasteiger partial charge in [0.05, 0.1) is 12.2 Å². The van der Waals surface area contributed by atoms with Gasteiger partial charge in [-0.05, 0) is 54.7 Å². The number of pyridine rings is 1. The second-order valence-corrected chi connectivity index (χ2v) is 7.91. The van der Waals surface area contributed by atoms with Gasteiger partial charge < -0.3 is 15.5 Å². The van der Waals surface area contributed by atoms with E-state index in [4.69, 9.17) is 0 Å². The number of benzene rings is 1. The Morgan fingerprint density at radius 3 is 2.55 bits per heavy atom. The first-order chi connectivity index (χ1) is 13.9. The number of hydrogen-bond donors (Lipinski definition) is 2. The first kappa shape index (κ1) is 19.4. The van der Waals surface area contributed by atoms with Crippen molar-refractivity contribution in [2.24, 2.45) is 11.8 Å². The molecule has 1 aliphatic heterocycles. The van der Waals surface area contributed by atoms with Gasteiger partial charge in [0.15, 0.2) is 0 Å². The van der Waals surface area contributed by atoms with Crippen molar-refractivity contribution in [3.8, 4) is 0 Å². The summed E-state index contributed by atoms with van der Waals surface area (Å²) in [6.45, 7) is 3.71. The molecule has 0 spiro atoms. The van der Waals surface area contributed by atoms with E-state index in [2.05, 4.69) is 22.5 Å². The van der Waals surface area contributed by atoms with Crippen LogP contribution in [-0.2, 0) is 4.79 Å². The highest BCUT2D eigenvalue weighted by molar-refractivity contribution is 5.98. The summed E-state index contributed by atoms with van der Waals surface area (Å²) in [7, 11) is 1.59. The normalized spacial score (nSPS) is 23.3. The number of aromatic nitrogens is 1. The van der Waals surface area contributed by atoms with E-state index in [0.717, 1.165) is 24.1 Å². The molecule has 1 aromatic carbocycles. The standard InChI is InChI=1S/C22H25FN4O2/c1-12-20(26-19-9-7-16(23)11-25-19)17-10-15(22(29)24-3)6-8-18(17)27(13(2)28)21(12)14-4-5-14/h6-12,14,20-21H,4-5H2,1-3H3,(H,24,29)(H,25,26)/t12-,20?,21?/m1/s1. The van der Waals surface area contributed by atoms with Gasteiger partial charge >= 0.3 is 0 Å². The summed E-state index contributed by atoms with van der Waals surface area (Å²) in [6, 6.07) is 8.33. The van der Waals surface area contributed by atoms with Gasteiger partial charge in [-0.15, -0.1) is 0 Å². The van der Waals surface area contributed by atoms with Crippen LogP contribution >= 0.6 is 0 Å². The number of fused-ring (bicyclic) bond motifs is 1. The molecular weight excluding hydrogens is 371 g/mol. The van der Waals surface area contributed by atoms with Crippen molar-refractivity contribution in [3.63, 3.8) is 0 Å². The van der Waals surface area contributed by atoms with Crippen molar-refractivity contribution in [2.75, 3.05) is 17.3 Å². The summed E-state index contributed by atoms with van der Waals surface area (Å²) in [5.41, 5.74) is 2.22. The molecule has 0 saturated heterocycles. The van der Waals surface area contributed by atoms with Crippen LogP contribution in [0.1, 0.15) is 48.7 Å². The number of carbonyl (C=O) groups is 2. The minimum atomic E-state index is -0.395. The SMILES string of the molecule is CNC(=O)c1ccc2c(c1)C(Nc1ccc(F)cn1)[C@@H](C)C(C1CC1)N2C(C)=O. The first-order valence-electron chi connectivity index (χ1n) is 9.94. The third-order valence-electron chi connectivity index (χ3n) is 5.95. The van der Waals surface area contributed by atoms with Crippen molar-refractivity contribution in [1.29, 1.82) is 0 Å². The molecule has 1 saturated carbocycles. The highest BCUT2D eigenvalue weighted by atomic mass is 19.1. The highest BCUT2D eigenvalue weighted by Gasteiger charge is 2.47. The van der Waals surface area contributed by atoms with E-state index in [1.807, 2.05) is 17.0 Å². The molecule has 29 heavy (non-hydrogen) atoms. The predicted molar refractivity (Wildman–Crippen MR) is 109 cm³/mol. The summed E-state index contributed by atoms with van der Waals surface area (Å²) in [5, 5.41) is 6.07. The largest absolute Gasteiger partial charge is 0.363 e. The summed E-state index contributed by atoms with van der Waals surface area (Å²) in [4.78, 5) is 30.9. The molecule has 3 atom stereocenters. The van der Waals surface area contributed by atoms with Crippen LogP contribution < -0.4 is 15.5 Å². The van der Waals surface area contributed by atoms with Gasteiger partial charge in [-0.25, -0.2) is 9.37 Å². The number of anilines is 2. The maximum Gasteiger partial charge on any atom is 0.251 e. The van der Waals surface area contributed by atoms with E-state index in [1.165, 1.54) is 12.3 Å². The van der Waals surface area contributed by atoms with Crippen molar-refractivity contribution >= 4 is 23.3 Å². The topological polar surface area (TPSA) is 74.3 Å². The van der Waals surface area contributed by atoms with E-state index in [1.54, 1.807) is 26.1 Å². The molecule has 2 aromatic rings.